The summed E-state index contributed by atoms with van der Waals surface area (Å²) >= 11 is 0. The Bertz CT molecular complexity index is 885. The van der Waals surface area contributed by atoms with Crippen LogP contribution in [0, 0.1) is 6.92 Å². The van der Waals surface area contributed by atoms with Crippen molar-refractivity contribution in [2.24, 2.45) is 0 Å². The second kappa shape index (κ2) is 8.11. The number of hydrogen-bond acceptors (Lipinski definition) is 5. The van der Waals surface area contributed by atoms with E-state index in [0.29, 0.717) is 23.7 Å². The fourth-order valence-corrected chi connectivity index (χ4v) is 2.41. The molecule has 8 heteroatoms. The summed E-state index contributed by atoms with van der Waals surface area (Å²) < 4.78 is 6.82. The van der Waals surface area contributed by atoms with Crippen LogP contribution in [0.1, 0.15) is 21.7 Å². The number of nitrogens with one attached hydrogen (secondary N) is 2. The van der Waals surface area contributed by atoms with Crippen molar-refractivity contribution in [3.8, 4) is 0 Å². The molecule has 134 valence electrons. The number of carbonyl (C=O) groups is 2. The summed E-state index contributed by atoms with van der Waals surface area (Å²) in [6.45, 7) is 2.23. The van der Waals surface area contributed by atoms with E-state index in [0.717, 1.165) is 6.42 Å². The Labute approximate surface area is 150 Å². The van der Waals surface area contributed by atoms with Crippen molar-refractivity contribution in [3.63, 3.8) is 0 Å². The van der Waals surface area contributed by atoms with E-state index in [4.69, 9.17) is 4.42 Å². The number of hydrogen-bond donors (Lipinski definition) is 2. The van der Waals surface area contributed by atoms with Crippen LogP contribution in [-0.4, -0.2) is 33.1 Å². The first kappa shape index (κ1) is 17.4. The summed E-state index contributed by atoms with van der Waals surface area (Å²) in [5.41, 5.74) is 1.58. The van der Waals surface area contributed by atoms with Gasteiger partial charge in [-0.2, -0.15) is 5.10 Å². The normalized spacial score (nSPS) is 10.5. The molecule has 26 heavy (non-hydrogen) atoms. The number of amides is 2. The topological polar surface area (TPSA) is 102 Å². The Morgan fingerprint density at radius 3 is 2.73 bits per heavy atom. The SMILES string of the molecule is Cc1occc1C(=O)NCC(=O)Nc1ccn(CCc2ccncc2)n1. The minimum Gasteiger partial charge on any atom is -0.469 e. The van der Waals surface area contributed by atoms with E-state index in [2.05, 4.69) is 20.7 Å². The molecule has 3 rings (SSSR count). The van der Waals surface area contributed by atoms with Crippen LogP contribution in [-0.2, 0) is 17.8 Å². The van der Waals surface area contributed by atoms with Crippen LogP contribution in [0.2, 0.25) is 0 Å². The maximum Gasteiger partial charge on any atom is 0.255 e. The zero-order valence-electron chi connectivity index (χ0n) is 14.3. The van der Waals surface area contributed by atoms with Gasteiger partial charge in [0.05, 0.1) is 18.4 Å². The third-order valence-electron chi connectivity index (χ3n) is 3.80. The van der Waals surface area contributed by atoms with Crippen LogP contribution < -0.4 is 10.6 Å². The maximum absolute atomic E-state index is 12.0. The molecule has 3 heterocycles. The predicted octanol–water partition coefficient (Wildman–Crippen LogP) is 1.79. The molecule has 0 atom stereocenters. The van der Waals surface area contributed by atoms with E-state index >= 15 is 0 Å². The number of carbonyl (C=O) groups excluding carboxylic acids is 2. The Balaban J connectivity index is 1.45. The molecule has 0 aliphatic carbocycles. The van der Waals surface area contributed by atoms with Crippen molar-refractivity contribution in [1.29, 1.82) is 0 Å². The van der Waals surface area contributed by atoms with Gasteiger partial charge in [-0.15, -0.1) is 0 Å². The lowest BCUT2D eigenvalue weighted by Crippen LogP contribution is -2.33. The highest BCUT2D eigenvalue weighted by Crippen LogP contribution is 2.08. The molecular formula is C18H19N5O3. The van der Waals surface area contributed by atoms with Gasteiger partial charge in [-0.05, 0) is 37.1 Å². The van der Waals surface area contributed by atoms with Crippen LogP contribution in [0.25, 0.3) is 0 Å². The quantitative estimate of drug-likeness (QED) is 0.674. The van der Waals surface area contributed by atoms with E-state index in [9.17, 15) is 9.59 Å². The summed E-state index contributed by atoms with van der Waals surface area (Å²) in [7, 11) is 0. The first-order valence-electron chi connectivity index (χ1n) is 8.16. The van der Waals surface area contributed by atoms with Gasteiger partial charge >= 0.3 is 0 Å². The minimum atomic E-state index is -0.353. The number of anilines is 1. The Hall–Kier alpha value is -3.42. The second-order valence-corrected chi connectivity index (χ2v) is 5.69. The number of rotatable bonds is 7. The lowest BCUT2D eigenvalue weighted by atomic mass is 10.2. The Morgan fingerprint density at radius 1 is 1.19 bits per heavy atom. The van der Waals surface area contributed by atoms with Gasteiger partial charge in [-0.1, -0.05) is 0 Å². The standard InChI is InChI=1S/C18H19N5O3/c1-13-15(6-11-26-13)18(25)20-12-17(24)21-16-5-10-23(22-16)9-4-14-2-7-19-8-3-14/h2-3,5-8,10-11H,4,9,12H2,1H3,(H,20,25)(H,21,22,24). The smallest absolute Gasteiger partial charge is 0.255 e. The van der Waals surface area contributed by atoms with Crippen molar-refractivity contribution in [2.75, 3.05) is 11.9 Å². The van der Waals surface area contributed by atoms with E-state index in [-0.39, 0.29) is 18.4 Å². The molecule has 0 unspecified atom stereocenters. The van der Waals surface area contributed by atoms with Crippen molar-refractivity contribution in [2.45, 2.75) is 19.9 Å². The maximum atomic E-state index is 12.0. The van der Waals surface area contributed by atoms with Crippen molar-refractivity contribution >= 4 is 17.6 Å². The zero-order chi connectivity index (χ0) is 18.4. The number of aryl methyl sites for hydroxylation is 3. The number of aromatic nitrogens is 3. The Kier molecular flexibility index (Phi) is 5.43. The fraction of sp³-hybridized carbons (Fsp3) is 0.222. The average Bonchev–Trinajstić information content (AvgIpc) is 3.27. The van der Waals surface area contributed by atoms with E-state index in [1.165, 1.54) is 11.8 Å². The zero-order valence-corrected chi connectivity index (χ0v) is 14.3. The lowest BCUT2D eigenvalue weighted by molar-refractivity contribution is -0.115. The first-order valence-corrected chi connectivity index (χ1v) is 8.16. The van der Waals surface area contributed by atoms with Crippen molar-refractivity contribution < 1.29 is 14.0 Å². The van der Waals surface area contributed by atoms with E-state index in [1.807, 2.05) is 12.1 Å². The van der Waals surface area contributed by atoms with Gasteiger partial charge in [0.25, 0.3) is 5.91 Å². The van der Waals surface area contributed by atoms with Gasteiger partial charge in [0.15, 0.2) is 5.82 Å². The third-order valence-corrected chi connectivity index (χ3v) is 3.80. The van der Waals surface area contributed by atoms with Gasteiger partial charge < -0.3 is 15.1 Å². The van der Waals surface area contributed by atoms with Gasteiger partial charge in [0.2, 0.25) is 5.91 Å². The van der Waals surface area contributed by atoms with Crippen molar-refractivity contribution in [3.05, 3.63) is 66.0 Å². The molecule has 3 aromatic rings. The van der Waals surface area contributed by atoms with Crippen molar-refractivity contribution in [1.82, 2.24) is 20.1 Å². The molecule has 0 saturated heterocycles. The largest absolute Gasteiger partial charge is 0.469 e. The molecule has 0 spiro atoms. The molecule has 3 aromatic heterocycles. The summed E-state index contributed by atoms with van der Waals surface area (Å²) in [5.74, 6) is 0.252. The second-order valence-electron chi connectivity index (χ2n) is 5.69. The number of pyridine rings is 1. The van der Waals surface area contributed by atoms with Gasteiger partial charge in [-0.3, -0.25) is 19.3 Å². The first-order chi connectivity index (χ1) is 12.6. The van der Waals surface area contributed by atoms with E-state index in [1.54, 1.807) is 42.3 Å². The monoisotopic (exact) mass is 353 g/mol. The van der Waals surface area contributed by atoms with Crippen LogP contribution >= 0.6 is 0 Å². The third kappa shape index (κ3) is 4.56. The summed E-state index contributed by atoms with van der Waals surface area (Å²) in [4.78, 5) is 27.9. The molecule has 0 radical (unpaired) electrons. The summed E-state index contributed by atoms with van der Waals surface area (Å²) in [6.07, 6.45) is 7.55. The summed E-state index contributed by atoms with van der Waals surface area (Å²) in [5, 5.41) is 9.50. The van der Waals surface area contributed by atoms with Crippen LogP contribution in [0.15, 0.2) is 53.5 Å². The molecule has 0 aliphatic rings. The number of nitrogens with zero attached hydrogens (tertiary/aromatic N) is 3. The lowest BCUT2D eigenvalue weighted by Gasteiger charge is -2.05. The highest BCUT2D eigenvalue weighted by molar-refractivity contribution is 5.99. The highest BCUT2D eigenvalue weighted by atomic mass is 16.3. The molecule has 8 nitrogen and oxygen atoms in total. The molecule has 0 aromatic carbocycles. The molecule has 2 amide bonds. The average molecular weight is 353 g/mol. The minimum absolute atomic E-state index is 0.146. The predicted molar refractivity (Wildman–Crippen MR) is 94.6 cm³/mol. The Morgan fingerprint density at radius 2 is 2.00 bits per heavy atom. The highest BCUT2D eigenvalue weighted by Gasteiger charge is 2.13. The van der Waals surface area contributed by atoms with Crippen LogP contribution in [0.4, 0.5) is 5.82 Å². The molecule has 0 bridgehead atoms. The molecule has 0 fully saturated rings. The fourth-order valence-electron chi connectivity index (χ4n) is 2.41. The van der Waals surface area contributed by atoms with E-state index < -0.39 is 0 Å². The molecule has 0 aliphatic heterocycles. The van der Waals surface area contributed by atoms with Gasteiger partial charge in [0, 0.05) is 31.2 Å². The molecule has 0 saturated carbocycles. The molecular weight excluding hydrogens is 334 g/mol. The van der Waals surface area contributed by atoms with Gasteiger partial charge in [-0.25, -0.2) is 0 Å². The van der Waals surface area contributed by atoms with Crippen LogP contribution in [0.5, 0.6) is 0 Å². The molecule has 2 N–H and O–H groups in total. The summed E-state index contributed by atoms with van der Waals surface area (Å²) in [6, 6.07) is 7.19. The number of furan rings is 1. The van der Waals surface area contributed by atoms with Gasteiger partial charge in [0.1, 0.15) is 5.76 Å². The van der Waals surface area contributed by atoms with Crippen LogP contribution in [0.3, 0.4) is 0 Å².